The summed E-state index contributed by atoms with van der Waals surface area (Å²) in [5, 5.41) is 2.13. The SMILES string of the molecule is O=NOCCS. The van der Waals surface area contributed by atoms with E-state index < -0.39 is 0 Å². The third-order valence-corrected chi connectivity index (χ3v) is 0.418. The molecule has 0 aromatic carbocycles. The van der Waals surface area contributed by atoms with Crippen molar-refractivity contribution in [2.45, 2.75) is 0 Å². The standard InChI is InChI=1S/C2H5NO2S/c4-3-5-1-2-6/h6H,1-2H2. The van der Waals surface area contributed by atoms with Crippen LogP contribution in [0.2, 0.25) is 0 Å². The van der Waals surface area contributed by atoms with Gasteiger partial charge in [-0.05, 0) is 0 Å². The molecule has 36 valence electrons. The first-order valence-corrected chi connectivity index (χ1v) is 2.10. The Morgan fingerprint density at radius 2 is 2.50 bits per heavy atom. The van der Waals surface area contributed by atoms with Crippen LogP contribution in [0, 0.1) is 4.91 Å². The van der Waals surface area contributed by atoms with Crippen molar-refractivity contribution in [2.24, 2.45) is 5.34 Å². The lowest BCUT2D eigenvalue weighted by Crippen LogP contribution is -1.84. The Labute approximate surface area is 41.0 Å². The van der Waals surface area contributed by atoms with Crippen LogP contribution in [0.1, 0.15) is 0 Å². The predicted octanol–water partition coefficient (Wildman–Crippen LogP) is 0.614. The van der Waals surface area contributed by atoms with E-state index in [1.807, 2.05) is 0 Å². The van der Waals surface area contributed by atoms with E-state index in [1.165, 1.54) is 0 Å². The maximum absolute atomic E-state index is 9.06. The highest BCUT2D eigenvalue weighted by atomic mass is 32.1. The molecule has 0 bridgehead atoms. The first-order chi connectivity index (χ1) is 2.91. The van der Waals surface area contributed by atoms with E-state index >= 15 is 0 Å². The average Bonchev–Trinajstić information content (AvgIpc) is 1.61. The van der Waals surface area contributed by atoms with Gasteiger partial charge in [0.1, 0.15) is 6.61 Å². The van der Waals surface area contributed by atoms with Crippen molar-refractivity contribution >= 4 is 12.6 Å². The van der Waals surface area contributed by atoms with Crippen molar-refractivity contribution in [3.05, 3.63) is 4.91 Å². The number of nitrogens with zero attached hydrogens (tertiary/aromatic N) is 1. The normalized spacial score (nSPS) is 7.50. The summed E-state index contributed by atoms with van der Waals surface area (Å²) in [6.07, 6.45) is 0. The molecule has 0 N–H and O–H groups in total. The molecule has 0 aromatic rings. The van der Waals surface area contributed by atoms with Gasteiger partial charge in [-0.25, -0.2) is 0 Å². The molecule has 3 nitrogen and oxygen atoms in total. The largest absolute Gasteiger partial charge is 0.363 e. The summed E-state index contributed by atoms with van der Waals surface area (Å²) in [4.78, 5) is 13.0. The van der Waals surface area contributed by atoms with Crippen molar-refractivity contribution in [3.63, 3.8) is 0 Å². The van der Waals surface area contributed by atoms with Crippen LogP contribution in [0.5, 0.6) is 0 Å². The van der Waals surface area contributed by atoms with E-state index in [-0.39, 0.29) is 0 Å². The smallest absolute Gasteiger partial charge is 0.155 e. The molecule has 6 heavy (non-hydrogen) atoms. The van der Waals surface area contributed by atoms with Crippen LogP contribution in [0.25, 0.3) is 0 Å². The minimum absolute atomic E-state index is 0.298. The number of hydrogen-bond acceptors (Lipinski definition) is 4. The Morgan fingerprint density at radius 3 is 2.67 bits per heavy atom. The van der Waals surface area contributed by atoms with E-state index in [4.69, 9.17) is 4.91 Å². The Hall–Kier alpha value is -0.250. The lowest BCUT2D eigenvalue weighted by atomic mass is 10.9. The van der Waals surface area contributed by atoms with E-state index in [0.717, 1.165) is 0 Å². The quantitative estimate of drug-likeness (QED) is 0.248. The van der Waals surface area contributed by atoms with Crippen LogP contribution >= 0.6 is 12.6 Å². The highest BCUT2D eigenvalue weighted by Crippen LogP contribution is 1.75. The summed E-state index contributed by atoms with van der Waals surface area (Å²) in [6.45, 7) is 0.298. The molecule has 0 unspecified atom stereocenters. The molecule has 0 radical (unpaired) electrons. The van der Waals surface area contributed by atoms with Gasteiger partial charge in [0.2, 0.25) is 0 Å². The summed E-state index contributed by atoms with van der Waals surface area (Å²) in [5.41, 5.74) is 0. The Morgan fingerprint density at radius 1 is 1.83 bits per heavy atom. The summed E-state index contributed by atoms with van der Waals surface area (Å²) >= 11 is 3.73. The molecule has 0 fully saturated rings. The third-order valence-electron chi connectivity index (χ3n) is 0.235. The Balaban J connectivity index is 2.49. The lowest BCUT2D eigenvalue weighted by molar-refractivity contribution is 0.157. The molecule has 0 heterocycles. The molecule has 0 rings (SSSR count). The highest BCUT2D eigenvalue weighted by molar-refractivity contribution is 7.80. The maximum Gasteiger partial charge on any atom is 0.155 e. The van der Waals surface area contributed by atoms with Gasteiger partial charge in [-0.1, -0.05) is 0 Å². The molecule has 0 aromatic heterocycles. The van der Waals surface area contributed by atoms with Crippen molar-refractivity contribution in [1.29, 1.82) is 0 Å². The molecule has 0 spiro atoms. The zero-order valence-electron chi connectivity index (χ0n) is 3.13. The summed E-state index contributed by atoms with van der Waals surface area (Å²) in [6, 6.07) is 0. The van der Waals surface area contributed by atoms with Crippen LogP contribution in [0.15, 0.2) is 5.34 Å². The van der Waals surface area contributed by atoms with Gasteiger partial charge in [-0.3, -0.25) is 0 Å². The van der Waals surface area contributed by atoms with E-state index in [9.17, 15) is 0 Å². The van der Waals surface area contributed by atoms with Crippen LogP contribution in [0.4, 0.5) is 0 Å². The van der Waals surface area contributed by atoms with Gasteiger partial charge in [-0.2, -0.15) is 12.6 Å². The molecule has 0 amide bonds. The molecule has 0 aliphatic heterocycles. The fourth-order valence-electron chi connectivity index (χ4n) is 0.0781. The van der Waals surface area contributed by atoms with Gasteiger partial charge in [0.15, 0.2) is 5.34 Å². The maximum atomic E-state index is 9.06. The lowest BCUT2D eigenvalue weighted by Gasteiger charge is -1.82. The van der Waals surface area contributed by atoms with Gasteiger partial charge in [0, 0.05) is 5.75 Å². The third kappa shape index (κ3) is 3.75. The summed E-state index contributed by atoms with van der Waals surface area (Å²) < 4.78 is 0. The second kappa shape index (κ2) is 4.75. The number of hydrogen-bond donors (Lipinski definition) is 1. The second-order valence-corrected chi connectivity index (χ2v) is 1.08. The molecular weight excluding hydrogens is 102 g/mol. The number of thiol groups is 1. The topological polar surface area (TPSA) is 38.7 Å². The molecule has 0 atom stereocenters. The number of rotatable bonds is 3. The predicted molar refractivity (Wildman–Crippen MR) is 25.6 cm³/mol. The van der Waals surface area contributed by atoms with Crippen molar-refractivity contribution < 1.29 is 4.84 Å². The van der Waals surface area contributed by atoms with Gasteiger partial charge in [0.05, 0.1) is 0 Å². The van der Waals surface area contributed by atoms with Crippen molar-refractivity contribution in [1.82, 2.24) is 0 Å². The van der Waals surface area contributed by atoms with E-state index in [0.29, 0.717) is 12.4 Å². The van der Waals surface area contributed by atoms with Crippen LogP contribution < -0.4 is 0 Å². The van der Waals surface area contributed by atoms with Gasteiger partial charge >= 0.3 is 0 Å². The summed E-state index contributed by atoms with van der Waals surface area (Å²) in [5.74, 6) is 0.533. The minimum Gasteiger partial charge on any atom is -0.363 e. The molecule has 0 aliphatic carbocycles. The second-order valence-electron chi connectivity index (χ2n) is 0.631. The van der Waals surface area contributed by atoms with Crippen molar-refractivity contribution in [3.8, 4) is 0 Å². The molecular formula is C2H5NO2S. The highest BCUT2D eigenvalue weighted by Gasteiger charge is 1.73. The Kier molecular flexibility index (Phi) is 4.55. The average molecular weight is 107 g/mol. The van der Waals surface area contributed by atoms with Gasteiger partial charge < -0.3 is 4.84 Å². The van der Waals surface area contributed by atoms with E-state index in [2.05, 4.69) is 22.8 Å². The molecule has 0 saturated carbocycles. The van der Waals surface area contributed by atoms with Gasteiger partial charge in [0.25, 0.3) is 0 Å². The monoisotopic (exact) mass is 107 g/mol. The molecule has 0 aliphatic rings. The van der Waals surface area contributed by atoms with Gasteiger partial charge in [-0.15, -0.1) is 4.91 Å². The van der Waals surface area contributed by atoms with Crippen LogP contribution in [-0.2, 0) is 4.84 Å². The molecule has 0 saturated heterocycles. The Bertz CT molecular complexity index is 40.5. The molecule has 4 heteroatoms. The zero-order valence-corrected chi connectivity index (χ0v) is 4.02. The van der Waals surface area contributed by atoms with Crippen LogP contribution in [-0.4, -0.2) is 12.4 Å². The minimum atomic E-state index is 0.298. The van der Waals surface area contributed by atoms with E-state index in [1.54, 1.807) is 0 Å². The van der Waals surface area contributed by atoms with Crippen LogP contribution in [0.3, 0.4) is 0 Å². The first kappa shape index (κ1) is 5.75. The first-order valence-electron chi connectivity index (χ1n) is 1.47. The van der Waals surface area contributed by atoms with Crippen molar-refractivity contribution in [2.75, 3.05) is 12.4 Å². The summed E-state index contributed by atoms with van der Waals surface area (Å²) in [7, 11) is 0. The fourth-order valence-corrected chi connectivity index (χ4v) is 0.160. The fraction of sp³-hybridized carbons (Fsp3) is 1.00. The zero-order chi connectivity index (χ0) is 4.83.